The van der Waals surface area contributed by atoms with Crippen LogP contribution in [0.15, 0.2) is 48.6 Å². The van der Waals surface area contributed by atoms with E-state index < -0.39 is 0 Å². The summed E-state index contributed by atoms with van der Waals surface area (Å²) >= 11 is 12.4. The predicted molar refractivity (Wildman–Crippen MR) is 98.6 cm³/mol. The zero-order valence-corrected chi connectivity index (χ0v) is 14.5. The van der Waals surface area contributed by atoms with Gasteiger partial charge in [-0.15, -0.1) is 0 Å². The number of benzene rings is 2. The maximum absolute atomic E-state index is 6.26. The van der Waals surface area contributed by atoms with Gasteiger partial charge < -0.3 is 5.32 Å². The van der Waals surface area contributed by atoms with Crippen LogP contribution in [0.3, 0.4) is 0 Å². The molecule has 1 heterocycles. The number of rotatable bonds is 2. The van der Waals surface area contributed by atoms with Crippen LogP contribution in [0, 0.1) is 5.92 Å². The van der Waals surface area contributed by atoms with Gasteiger partial charge in [0.15, 0.2) is 0 Å². The van der Waals surface area contributed by atoms with Gasteiger partial charge in [0.2, 0.25) is 0 Å². The Labute approximate surface area is 147 Å². The summed E-state index contributed by atoms with van der Waals surface area (Å²) in [6, 6.07) is 12.9. The minimum atomic E-state index is 0.268. The van der Waals surface area contributed by atoms with Crippen LogP contribution in [0.5, 0.6) is 0 Å². The Kier molecular flexibility index (Phi) is 3.87. The number of nitrogens with one attached hydrogen (secondary N) is 1. The molecule has 2 aromatic rings. The number of hydrogen-bond acceptors (Lipinski definition) is 1. The van der Waals surface area contributed by atoms with Crippen molar-refractivity contribution in [1.82, 2.24) is 0 Å². The van der Waals surface area contributed by atoms with E-state index in [1.165, 1.54) is 22.4 Å². The van der Waals surface area contributed by atoms with E-state index in [1.54, 1.807) is 0 Å². The van der Waals surface area contributed by atoms with Gasteiger partial charge in [-0.25, -0.2) is 0 Å². The van der Waals surface area contributed by atoms with Gasteiger partial charge in [-0.3, -0.25) is 0 Å². The molecule has 0 fully saturated rings. The summed E-state index contributed by atoms with van der Waals surface area (Å²) in [7, 11) is 0. The van der Waals surface area contributed by atoms with Crippen molar-refractivity contribution < 1.29 is 0 Å². The second-order valence-corrected chi connectivity index (χ2v) is 7.20. The van der Waals surface area contributed by atoms with Crippen molar-refractivity contribution in [3.63, 3.8) is 0 Å². The highest BCUT2D eigenvalue weighted by molar-refractivity contribution is 6.42. The Hall–Kier alpha value is -1.44. The second-order valence-electron chi connectivity index (χ2n) is 6.38. The Morgan fingerprint density at radius 2 is 2.00 bits per heavy atom. The summed E-state index contributed by atoms with van der Waals surface area (Å²) in [6.07, 6.45) is 6.81. The zero-order valence-electron chi connectivity index (χ0n) is 13.0. The van der Waals surface area contributed by atoms with Crippen LogP contribution in [0.25, 0.3) is 0 Å². The Bertz CT molecular complexity index is 781. The van der Waals surface area contributed by atoms with E-state index in [1.807, 2.05) is 12.1 Å². The molecule has 2 aromatic carbocycles. The van der Waals surface area contributed by atoms with Gasteiger partial charge in [0, 0.05) is 11.6 Å². The molecule has 0 aromatic heterocycles. The lowest BCUT2D eigenvalue weighted by Crippen LogP contribution is -2.29. The fourth-order valence-corrected chi connectivity index (χ4v) is 4.32. The molecular formula is C20H19Cl2N. The van der Waals surface area contributed by atoms with E-state index in [0.717, 1.165) is 12.8 Å². The lowest BCUT2D eigenvalue weighted by Gasteiger charge is -2.38. The van der Waals surface area contributed by atoms with Crippen LogP contribution >= 0.6 is 23.2 Å². The molecular weight excluding hydrogens is 325 g/mol. The number of halogens is 2. The third-order valence-corrected chi connectivity index (χ3v) is 5.91. The molecule has 2 aliphatic rings. The Morgan fingerprint density at radius 3 is 2.78 bits per heavy atom. The minimum Gasteiger partial charge on any atom is -0.377 e. The van der Waals surface area contributed by atoms with Gasteiger partial charge in [0.25, 0.3) is 0 Å². The second kappa shape index (κ2) is 5.89. The lowest BCUT2D eigenvalue weighted by atomic mass is 9.76. The fraction of sp³-hybridized carbons (Fsp3) is 0.300. The first-order chi connectivity index (χ1) is 11.2. The fourth-order valence-electron chi connectivity index (χ4n) is 4.02. The summed E-state index contributed by atoms with van der Waals surface area (Å²) in [5, 5.41) is 5.05. The van der Waals surface area contributed by atoms with Gasteiger partial charge in [-0.05, 0) is 47.6 Å². The van der Waals surface area contributed by atoms with Gasteiger partial charge in [0.1, 0.15) is 0 Å². The van der Waals surface area contributed by atoms with Crippen molar-refractivity contribution in [2.45, 2.75) is 31.7 Å². The largest absolute Gasteiger partial charge is 0.377 e. The van der Waals surface area contributed by atoms with Crippen molar-refractivity contribution in [2.24, 2.45) is 5.92 Å². The number of para-hydroxylation sites is 1. The van der Waals surface area contributed by atoms with Crippen LogP contribution < -0.4 is 5.32 Å². The molecule has 0 saturated heterocycles. The summed E-state index contributed by atoms with van der Waals surface area (Å²) in [5.41, 5.74) is 5.33. The number of fused-ring (bicyclic) bond motifs is 3. The van der Waals surface area contributed by atoms with Crippen LogP contribution in [0.1, 0.15) is 42.0 Å². The molecule has 0 radical (unpaired) electrons. The SMILES string of the molecule is CCc1cccc2c1N[C@H](c1ccc(Cl)c(Cl)c1)[C@H]1CC=C[C@@H]21. The average Bonchev–Trinajstić information content (AvgIpc) is 3.06. The van der Waals surface area contributed by atoms with Crippen molar-refractivity contribution in [2.75, 3.05) is 5.32 Å². The molecule has 0 unspecified atom stereocenters. The third kappa shape index (κ3) is 2.47. The van der Waals surface area contributed by atoms with E-state index in [9.17, 15) is 0 Å². The maximum atomic E-state index is 6.26. The number of aryl methyl sites for hydroxylation is 1. The number of hydrogen-bond donors (Lipinski definition) is 1. The van der Waals surface area contributed by atoms with Crippen LogP contribution in [0.4, 0.5) is 5.69 Å². The molecule has 23 heavy (non-hydrogen) atoms. The van der Waals surface area contributed by atoms with Crippen LogP contribution in [-0.2, 0) is 6.42 Å². The van der Waals surface area contributed by atoms with Gasteiger partial charge in [-0.1, -0.05) is 66.5 Å². The first kappa shape index (κ1) is 15.1. The highest BCUT2D eigenvalue weighted by Gasteiger charge is 2.38. The smallest absolute Gasteiger partial charge is 0.0595 e. The summed E-state index contributed by atoms with van der Waals surface area (Å²) < 4.78 is 0. The molecule has 3 atom stereocenters. The molecule has 0 bridgehead atoms. The quantitative estimate of drug-likeness (QED) is 0.623. The standard InChI is InChI=1S/C20H19Cl2N/c1-2-12-5-3-7-15-14-6-4-8-16(14)20(23-19(12)15)13-9-10-17(21)18(22)11-13/h3-7,9-11,14,16,20,23H,2,8H2,1H3/t14-,16-,20+/m0/s1. The monoisotopic (exact) mass is 343 g/mol. The van der Waals surface area contributed by atoms with Crippen molar-refractivity contribution in [3.8, 4) is 0 Å². The number of allylic oxidation sites excluding steroid dienone is 2. The van der Waals surface area contributed by atoms with Crippen LogP contribution in [0.2, 0.25) is 10.0 Å². The molecule has 0 amide bonds. The lowest BCUT2D eigenvalue weighted by molar-refractivity contribution is 0.425. The third-order valence-electron chi connectivity index (χ3n) is 5.17. The van der Waals surface area contributed by atoms with E-state index in [0.29, 0.717) is 21.9 Å². The molecule has 118 valence electrons. The molecule has 1 aliphatic heterocycles. The van der Waals surface area contributed by atoms with E-state index >= 15 is 0 Å². The Balaban J connectivity index is 1.82. The first-order valence-electron chi connectivity index (χ1n) is 8.19. The normalized spacial score (nSPS) is 24.9. The van der Waals surface area contributed by atoms with E-state index in [2.05, 4.69) is 48.7 Å². The first-order valence-corrected chi connectivity index (χ1v) is 8.94. The van der Waals surface area contributed by atoms with Crippen molar-refractivity contribution in [3.05, 3.63) is 75.3 Å². The molecule has 1 aliphatic carbocycles. The summed E-state index contributed by atoms with van der Waals surface area (Å²) in [6.45, 7) is 2.21. The zero-order chi connectivity index (χ0) is 16.0. The van der Waals surface area contributed by atoms with Gasteiger partial charge in [0.05, 0.1) is 16.1 Å². The highest BCUT2D eigenvalue weighted by Crippen LogP contribution is 2.51. The van der Waals surface area contributed by atoms with Gasteiger partial charge >= 0.3 is 0 Å². The molecule has 3 heteroatoms. The van der Waals surface area contributed by atoms with Gasteiger partial charge in [-0.2, -0.15) is 0 Å². The number of anilines is 1. The van der Waals surface area contributed by atoms with Crippen molar-refractivity contribution in [1.29, 1.82) is 0 Å². The minimum absolute atomic E-state index is 0.268. The van der Waals surface area contributed by atoms with E-state index in [-0.39, 0.29) is 6.04 Å². The Morgan fingerprint density at radius 1 is 1.13 bits per heavy atom. The van der Waals surface area contributed by atoms with Crippen LogP contribution in [-0.4, -0.2) is 0 Å². The molecule has 0 spiro atoms. The maximum Gasteiger partial charge on any atom is 0.0595 e. The van der Waals surface area contributed by atoms with E-state index in [4.69, 9.17) is 23.2 Å². The molecule has 1 N–H and O–H groups in total. The summed E-state index contributed by atoms with van der Waals surface area (Å²) in [5.74, 6) is 1.02. The molecule has 0 saturated carbocycles. The average molecular weight is 344 g/mol. The molecule has 4 rings (SSSR count). The topological polar surface area (TPSA) is 12.0 Å². The summed E-state index contributed by atoms with van der Waals surface area (Å²) in [4.78, 5) is 0. The predicted octanol–water partition coefficient (Wildman–Crippen LogP) is 6.38. The highest BCUT2D eigenvalue weighted by atomic mass is 35.5. The molecule has 1 nitrogen and oxygen atoms in total. The van der Waals surface area contributed by atoms with Crippen molar-refractivity contribution >= 4 is 28.9 Å².